The highest BCUT2D eigenvalue weighted by Gasteiger charge is 2.32. The van der Waals surface area contributed by atoms with Gasteiger partial charge in [-0.15, -0.1) is 0 Å². The van der Waals surface area contributed by atoms with Crippen molar-refractivity contribution in [2.24, 2.45) is 0 Å². The van der Waals surface area contributed by atoms with Crippen LogP contribution in [-0.2, 0) is 22.7 Å². The molecule has 0 spiro atoms. The van der Waals surface area contributed by atoms with E-state index in [1.54, 1.807) is 23.3 Å². The molecule has 1 N–H and O–H groups in total. The minimum Gasteiger partial charge on any atom is -0.467 e. The molecule has 0 saturated carbocycles. The average Bonchev–Trinajstić information content (AvgIpc) is 3.60. The molecule has 1 saturated heterocycles. The number of halogens is 3. The van der Waals surface area contributed by atoms with E-state index in [0.29, 0.717) is 43.5 Å². The van der Waals surface area contributed by atoms with Gasteiger partial charge in [0.1, 0.15) is 5.76 Å². The van der Waals surface area contributed by atoms with Crippen molar-refractivity contribution in [1.82, 2.24) is 4.90 Å². The lowest BCUT2D eigenvalue weighted by Gasteiger charge is -2.28. The van der Waals surface area contributed by atoms with Crippen molar-refractivity contribution >= 4 is 27.3 Å². The minimum atomic E-state index is -4.68. The van der Waals surface area contributed by atoms with Gasteiger partial charge in [0, 0.05) is 25.3 Å². The Labute approximate surface area is 220 Å². The van der Waals surface area contributed by atoms with Gasteiger partial charge >= 0.3 is 6.18 Å². The fourth-order valence-electron chi connectivity index (χ4n) is 4.42. The van der Waals surface area contributed by atoms with Crippen molar-refractivity contribution in [3.63, 3.8) is 0 Å². The molecule has 0 aliphatic carbocycles. The summed E-state index contributed by atoms with van der Waals surface area (Å²) in [5, 5.41) is 0. The number of unbranched alkanes of at least 4 members (excludes halogenated alkanes) is 1. The second-order valence-corrected chi connectivity index (χ2v) is 10.9. The quantitative estimate of drug-likeness (QED) is 0.328. The lowest BCUT2D eigenvalue weighted by atomic mass is 10.1. The van der Waals surface area contributed by atoms with Crippen molar-refractivity contribution in [2.45, 2.75) is 50.2 Å². The summed E-state index contributed by atoms with van der Waals surface area (Å²) in [7, 11) is -4.35. The molecule has 38 heavy (non-hydrogen) atoms. The largest absolute Gasteiger partial charge is 0.467 e. The molecular formula is C27H30F3N3O4S. The van der Waals surface area contributed by atoms with E-state index in [2.05, 4.69) is 11.6 Å². The number of amides is 1. The minimum absolute atomic E-state index is 0.0853. The molecule has 1 aliphatic heterocycles. The van der Waals surface area contributed by atoms with Gasteiger partial charge in [-0.3, -0.25) is 9.52 Å². The number of furan rings is 1. The lowest BCUT2D eigenvalue weighted by Crippen LogP contribution is -2.31. The van der Waals surface area contributed by atoms with Gasteiger partial charge in [0.2, 0.25) is 0 Å². The number of nitrogens with zero attached hydrogens (tertiary/aromatic N) is 2. The van der Waals surface area contributed by atoms with Crippen LogP contribution >= 0.6 is 0 Å². The van der Waals surface area contributed by atoms with Crippen LogP contribution in [0.1, 0.15) is 54.3 Å². The highest BCUT2D eigenvalue weighted by Crippen LogP contribution is 2.32. The molecular weight excluding hydrogens is 519 g/mol. The van der Waals surface area contributed by atoms with Crippen molar-refractivity contribution < 1.29 is 30.8 Å². The molecule has 4 rings (SSSR count). The number of likely N-dealkylation sites (tertiary alicyclic amines) is 1. The Morgan fingerprint density at radius 2 is 1.84 bits per heavy atom. The highest BCUT2D eigenvalue weighted by atomic mass is 32.2. The maximum atomic E-state index is 13.6. The Hall–Kier alpha value is -3.47. The maximum absolute atomic E-state index is 13.6. The number of carbonyl (C=O) groups excluding carboxylic acids is 1. The number of carbonyl (C=O) groups is 1. The van der Waals surface area contributed by atoms with E-state index in [0.717, 1.165) is 49.6 Å². The van der Waals surface area contributed by atoms with E-state index in [-0.39, 0.29) is 11.6 Å². The molecule has 2 heterocycles. The van der Waals surface area contributed by atoms with Crippen LogP contribution in [0.2, 0.25) is 0 Å². The SMILES string of the molecule is CCCCN(Cc1ccco1)c1ccc(NS(=O)(=O)c2cccc(C(F)(F)F)c2)cc1C(=O)N1CCCC1. The summed E-state index contributed by atoms with van der Waals surface area (Å²) in [6.07, 6.45) is 0.457. The summed E-state index contributed by atoms with van der Waals surface area (Å²) in [6, 6.07) is 11.8. The number of nitrogens with one attached hydrogen (secondary N) is 1. The van der Waals surface area contributed by atoms with E-state index in [1.165, 1.54) is 12.1 Å². The van der Waals surface area contributed by atoms with Gasteiger partial charge in [0.25, 0.3) is 15.9 Å². The number of anilines is 2. The van der Waals surface area contributed by atoms with E-state index < -0.39 is 26.7 Å². The van der Waals surface area contributed by atoms with Crippen LogP contribution in [0.25, 0.3) is 0 Å². The summed E-state index contributed by atoms with van der Waals surface area (Å²) in [4.78, 5) is 16.8. The highest BCUT2D eigenvalue weighted by molar-refractivity contribution is 7.92. The van der Waals surface area contributed by atoms with E-state index in [4.69, 9.17) is 4.42 Å². The predicted octanol–water partition coefficient (Wildman–Crippen LogP) is 6.14. The topological polar surface area (TPSA) is 82.9 Å². The van der Waals surface area contributed by atoms with Crippen LogP contribution < -0.4 is 9.62 Å². The molecule has 2 aromatic carbocycles. The van der Waals surface area contributed by atoms with Gasteiger partial charge in [-0.2, -0.15) is 13.2 Å². The molecule has 0 radical (unpaired) electrons. The number of benzene rings is 2. The van der Waals surface area contributed by atoms with Crippen molar-refractivity contribution in [2.75, 3.05) is 29.3 Å². The molecule has 1 fully saturated rings. The fraction of sp³-hybridized carbons (Fsp3) is 0.370. The zero-order chi connectivity index (χ0) is 27.3. The smallest absolute Gasteiger partial charge is 0.416 e. The number of alkyl halides is 3. The summed E-state index contributed by atoms with van der Waals surface area (Å²) in [6.45, 7) is 4.33. The van der Waals surface area contributed by atoms with Crippen molar-refractivity contribution in [1.29, 1.82) is 0 Å². The third-order valence-corrected chi connectivity index (χ3v) is 7.77. The summed E-state index contributed by atoms with van der Waals surface area (Å²) >= 11 is 0. The summed E-state index contributed by atoms with van der Waals surface area (Å²) < 4.78 is 73.3. The van der Waals surface area contributed by atoms with E-state index in [1.807, 2.05) is 11.0 Å². The third-order valence-electron chi connectivity index (χ3n) is 6.39. The molecule has 0 unspecified atom stereocenters. The van der Waals surface area contributed by atoms with Gasteiger partial charge in [-0.25, -0.2) is 8.42 Å². The normalized spacial score (nSPS) is 14.1. The van der Waals surface area contributed by atoms with Crippen LogP contribution in [0.15, 0.2) is 70.2 Å². The molecule has 3 aromatic rings. The lowest BCUT2D eigenvalue weighted by molar-refractivity contribution is -0.137. The standard InChI is InChI=1S/C27H30F3N3O4S/c1-2-3-13-33(19-22-9-7-16-37-22)25-12-11-21(18-24(25)26(34)32-14-4-5-15-32)31-38(35,36)23-10-6-8-20(17-23)27(28,29)30/h6-12,16-18,31H,2-5,13-15,19H2,1H3. The molecule has 11 heteroatoms. The number of rotatable bonds is 10. The van der Waals surface area contributed by atoms with Crippen LogP contribution in [0.5, 0.6) is 0 Å². The zero-order valence-corrected chi connectivity index (χ0v) is 21.8. The fourth-order valence-corrected chi connectivity index (χ4v) is 5.51. The Bertz CT molecular complexity index is 1350. The first-order valence-electron chi connectivity index (χ1n) is 12.5. The Morgan fingerprint density at radius 3 is 2.50 bits per heavy atom. The maximum Gasteiger partial charge on any atom is 0.416 e. The first kappa shape index (κ1) is 27.6. The van der Waals surface area contributed by atoms with Crippen LogP contribution in [0, 0.1) is 0 Å². The Kier molecular flexibility index (Phi) is 8.35. The van der Waals surface area contributed by atoms with Crippen LogP contribution in [0.4, 0.5) is 24.5 Å². The van der Waals surface area contributed by atoms with Crippen molar-refractivity contribution in [3.05, 3.63) is 77.7 Å². The van der Waals surface area contributed by atoms with Gasteiger partial charge in [0.05, 0.1) is 34.5 Å². The summed E-state index contributed by atoms with van der Waals surface area (Å²) in [5.74, 6) is 0.494. The molecule has 0 atom stereocenters. The second-order valence-electron chi connectivity index (χ2n) is 9.22. The first-order valence-corrected chi connectivity index (χ1v) is 14.0. The van der Waals surface area contributed by atoms with Gasteiger partial charge in [-0.05, 0) is 67.8 Å². The number of sulfonamides is 1. The van der Waals surface area contributed by atoms with Gasteiger partial charge in [-0.1, -0.05) is 19.4 Å². The molecule has 1 aliphatic rings. The Morgan fingerprint density at radius 1 is 1.08 bits per heavy atom. The van der Waals surface area contributed by atoms with E-state index in [9.17, 15) is 26.4 Å². The number of hydrogen-bond donors (Lipinski definition) is 1. The monoisotopic (exact) mass is 549 g/mol. The zero-order valence-electron chi connectivity index (χ0n) is 21.0. The van der Waals surface area contributed by atoms with Crippen molar-refractivity contribution in [3.8, 4) is 0 Å². The average molecular weight is 550 g/mol. The van der Waals surface area contributed by atoms with Gasteiger partial charge < -0.3 is 14.2 Å². The molecule has 7 nitrogen and oxygen atoms in total. The molecule has 1 aromatic heterocycles. The summed E-state index contributed by atoms with van der Waals surface area (Å²) in [5.41, 5.74) is -0.0279. The van der Waals surface area contributed by atoms with E-state index >= 15 is 0 Å². The molecule has 1 amide bonds. The molecule has 0 bridgehead atoms. The van der Waals surface area contributed by atoms with Crippen LogP contribution in [0.3, 0.4) is 0 Å². The molecule has 204 valence electrons. The predicted molar refractivity (Wildman–Crippen MR) is 138 cm³/mol. The third kappa shape index (κ3) is 6.50. The number of hydrogen-bond acceptors (Lipinski definition) is 5. The van der Waals surface area contributed by atoms with Crippen LogP contribution in [-0.4, -0.2) is 38.9 Å². The second kappa shape index (κ2) is 11.5. The van der Waals surface area contributed by atoms with Gasteiger partial charge in [0.15, 0.2) is 0 Å². The Balaban J connectivity index is 1.70. The first-order chi connectivity index (χ1) is 18.1.